The Bertz CT molecular complexity index is 761. The van der Waals surface area contributed by atoms with Crippen LogP contribution < -0.4 is 5.32 Å². The Balaban J connectivity index is 1.83. The molecule has 3 aliphatic heterocycles. The van der Waals surface area contributed by atoms with Gasteiger partial charge in [0.1, 0.15) is 0 Å². The summed E-state index contributed by atoms with van der Waals surface area (Å²) in [7, 11) is 0. The Hall–Kier alpha value is -0.920. The SMILES string of the molecule is CCCC1(Cl)CCC2=C3CNCC(C(=O)C(F)(F)F)C3N3CC=CSC1=C23. The quantitative estimate of drug-likeness (QED) is 0.690. The Kier molecular flexibility index (Phi) is 4.92. The number of carbonyl (C=O) groups is 1. The zero-order valence-electron chi connectivity index (χ0n) is 15.0. The molecule has 1 aliphatic carbocycles. The van der Waals surface area contributed by atoms with Crippen molar-refractivity contribution in [1.82, 2.24) is 10.2 Å². The summed E-state index contributed by atoms with van der Waals surface area (Å²) in [6.07, 6.45) is 0.442. The molecule has 148 valence electrons. The summed E-state index contributed by atoms with van der Waals surface area (Å²) in [4.78, 5) is 14.7. The molecular weight excluding hydrogens is 397 g/mol. The normalized spacial score (nSPS) is 33.1. The number of alkyl halides is 4. The maximum absolute atomic E-state index is 13.2. The van der Waals surface area contributed by atoms with Crippen molar-refractivity contribution >= 4 is 29.1 Å². The second-order valence-corrected chi connectivity index (χ2v) is 9.22. The summed E-state index contributed by atoms with van der Waals surface area (Å²) in [6.45, 7) is 3.18. The molecule has 4 aliphatic rings. The zero-order valence-corrected chi connectivity index (χ0v) is 16.6. The monoisotopic (exact) mass is 418 g/mol. The number of halogens is 4. The molecule has 1 N–H and O–H groups in total. The number of fused-ring (bicyclic) bond motifs is 2. The average molecular weight is 419 g/mol. The van der Waals surface area contributed by atoms with E-state index in [4.69, 9.17) is 11.6 Å². The van der Waals surface area contributed by atoms with E-state index in [1.54, 1.807) is 11.8 Å². The first-order chi connectivity index (χ1) is 12.8. The summed E-state index contributed by atoms with van der Waals surface area (Å²) in [6, 6.07) is -0.524. The first-order valence-electron chi connectivity index (χ1n) is 9.34. The van der Waals surface area contributed by atoms with E-state index >= 15 is 0 Å². The second-order valence-electron chi connectivity index (χ2n) is 7.58. The van der Waals surface area contributed by atoms with E-state index in [1.165, 1.54) is 0 Å². The van der Waals surface area contributed by atoms with Gasteiger partial charge in [-0.1, -0.05) is 31.2 Å². The van der Waals surface area contributed by atoms with Crippen LogP contribution in [0, 0.1) is 5.92 Å². The number of rotatable bonds is 3. The van der Waals surface area contributed by atoms with Crippen LogP contribution in [0.3, 0.4) is 0 Å². The number of hydrogen-bond donors (Lipinski definition) is 1. The van der Waals surface area contributed by atoms with Crippen LogP contribution in [0.2, 0.25) is 0 Å². The molecule has 0 aromatic heterocycles. The number of nitrogens with zero attached hydrogens (tertiary/aromatic N) is 1. The van der Waals surface area contributed by atoms with E-state index in [0.29, 0.717) is 13.1 Å². The van der Waals surface area contributed by atoms with Crippen LogP contribution in [0.15, 0.2) is 33.2 Å². The van der Waals surface area contributed by atoms with Gasteiger partial charge in [-0.3, -0.25) is 4.79 Å². The van der Waals surface area contributed by atoms with Crippen LogP contribution in [0.4, 0.5) is 13.2 Å². The first kappa shape index (κ1) is 19.4. The molecule has 1 saturated heterocycles. The van der Waals surface area contributed by atoms with Crippen molar-refractivity contribution in [2.45, 2.75) is 49.7 Å². The smallest absolute Gasteiger partial charge is 0.359 e. The predicted molar refractivity (Wildman–Crippen MR) is 101 cm³/mol. The minimum atomic E-state index is -4.82. The molecule has 0 radical (unpaired) electrons. The van der Waals surface area contributed by atoms with E-state index in [1.807, 2.05) is 16.4 Å². The van der Waals surface area contributed by atoms with Gasteiger partial charge in [-0.15, -0.1) is 11.6 Å². The van der Waals surface area contributed by atoms with Crippen LogP contribution in [-0.4, -0.2) is 47.4 Å². The summed E-state index contributed by atoms with van der Waals surface area (Å²) in [5, 5.41) is 5.03. The van der Waals surface area contributed by atoms with Crippen molar-refractivity contribution < 1.29 is 18.0 Å². The fourth-order valence-electron chi connectivity index (χ4n) is 4.89. The number of piperidine rings is 1. The molecule has 0 spiro atoms. The van der Waals surface area contributed by atoms with Gasteiger partial charge in [0.05, 0.1) is 22.5 Å². The number of ketones is 1. The van der Waals surface area contributed by atoms with Crippen LogP contribution in [-0.2, 0) is 4.79 Å². The van der Waals surface area contributed by atoms with E-state index < -0.39 is 28.8 Å². The number of Topliss-reactive ketones (excluding diaryl/α,β-unsaturated/α-hetero) is 1. The molecule has 3 atom stereocenters. The first-order valence-corrected chi connectivity index (χ1v) is 10.6. The van der Waals surface area contributed by atoms with E-state index in [9.17, 15) is 18.0 Å². The lowest BCUT2D eigenvalue weighted by Gasteiger charge is -2.40. The Labute approximate surface area is 166 Å². The molecule has 3 heterocycles. The lowest BCUT2D eigenvalue weighted by molar-refractivity contribution is -0.177. The van der Waals surface area contributed by atoms with Crippen molar-refractivity contribution in [3.63, 3.8) is 0 Å². The van der Waals surface area contributed by atoms with Gasteiger partial charge in [0.2, 0.25) is 5.78 Å². The minimum absolute atomic E-state index is 0.0523. The molecule has 4 rings (SSSR count). The van der Waals surface area contributed by atoms with Gasteiger partial charge in [-0.05, 0) is 35.8 Å². The van der Waals surface area contributed by atoms with Gasteiger partial charge in [0.15, 0.2) is 0 Å². The third-order valence-electron chi connectivity index (χ3n) is 5.95. The van der Waals surface area contributed by atoms with Gasteiger partial charge in [-0.25, -0.2) is 0 Å². The molecule has 1 fully saturated rings. The molecular formula is C19H22ClF3N2OS. The third kappa shape index (κ3) is 3.06. The second kappa shape index (κ2) is 6.85. The topological polar surface area (TPSA) is 32.3 Å². The fraction of sp³-hybridized carbons (Fsp3) is 0.632. The lowest BCUT2D eigenvalue weighted by atomic mass is 9.82. The molecule has 8 heteroatoms. The highest BCUT2D eigenvalue weighted by Gasteiger charge is 2.54. The molecule has 3 unspecified atom stereocenters. The largest absolute Gasteiger partial charge is 0.450 e. The van der Waals surface area contributed by atoms with E-state index in [-0.39, 0.29) is 6.54 Å². The molecule has 0 saturated carbocycles. The van der Waals surface area contributed by atoms with Gasteiger partial charge in [-0.2, -0.15) is 13.2 Å². The number of carbonyl (C=O) groups excluding carboxylic acids is 1. The van der Waals surface area contributed by atoms with Crippen LogP contribution in [0.1, 0.15) is 32.6 Å². The van der Waals surface area contributed by atoms with E-state index in [0.717, 1.165) is 47.4 Å². The van der Waals surface area contributed by atoms with Crippen molar-refractivity contribution in [3.05, 3.63) is 33.2 Å². The maximum atomic E-state index is 13.2. The van der Waals surface area contributed by atoms with Crippen LogP contribution in [0.25, 0.3) is 0 Å². The highest BCUT2D eigenvalue weighted by molar-refractivity contribution is 8.06. The fourth-order valence-corrected chi connectivity index (χ4v) is 6.48. The molecule has 0 aromatic rings. The van der Waals surface area contributed by atoms with Gasteiger partial charge >= 0.3 is 6.18 Å². The summed E-state index contributed by atoms with van der Waals surface area (Å²) >= 11 is 8.61. The molecule has 0 amide bonds. The standard InChI is InChI=1S/C19H22ClF3N2OS/c1-2-5-18(20)6-4-11-12-9-24-10-13(16(26)19(21,22)23)14(12)25-7-3-8-27-17(18)15(11)25/h3,8,13-14,24H,2,4-7,9-10H2,1H3. The Morgan fingerprint density at radius 1 is 1.48 bits per heavy atom. The highest BCUT2D eigenvalue weighted by atomic mass is 35.5. The van der Waals surface area contributed by atoms with Gasteiger partial charge in [0.25, 0.3) is 0 Å². The van der Waals surface area contributed by atoms with E-state index in [2.05, 4.69) is 12.2 Å². The number of thioether (sulfide) groups is 1. The third-order valence-corrected chi connectivity index (χ3v) is 7.78. The molecule has 3 nitrogen and oxygen atoms in total. The molecule has 0 aromatic carbocycles. The zero-order chi connectivity index (χ0) is 19.4. The van der Waals surface area contributed by atoms with Crippen molar-refractivity contribution in [1.29, 1.82) is 0 Å². The van der Waals surface area contributed by atoms with Gasteiger partial charge < -0.3 is 10.2 Å². The summed E-state index contributed by atoms with van der Waals surface area (Å²) < 4.78 is 39.7. The summed E-state index contributed by atoms with van der Waals surface area (Å²) in [5.41, 5.74) is 3.04. The van der Waals surface area contributed by atoms with Gasteiger partial charge in [0, 0.05) is 24.5 Å². The highest BCUT2D eigenvalue weighted by Crippen LogP contribution is 2.56. The average Bonchev–Trinajstić information content (AvgIpc) is 2.77. The Morgan fingerprint density at radius 2 is 2.26 bits per heavy atom. The summed E-state index contributed by atoms with van der Waals surface area (Å²) in [5.74, 6) is -2.75. The van der Waals surface area contributed by atoms with Crippen molar-refractivity contribution in [3.8, 4) is 0 Å². The Morgan fingerprint density at radius 3 is 2.96 bits per heavy atom. The lowest BCUT2D eigenvalue weighted by Crippen LogP contribution is -2.53. The molecule has 0 bridgehead atoms. The number of allylic oxidation sites excluding steroid dienone is 2. The number of hydrogen-bond acceptors (Lipinski definition) is 4. The predicted octanol–water partition coefficient (Wildman–Crippen LogP) is 4.36. The minimum Gasteiger partial charge on any atom is -0.359 e. The molecule has 27 heavy (non-hydrogen) atoms. The maximum Gasteiger partial charge on any atom is 0.450 e. The van der Waals surface area contributed by atoms with Crippen LogP contribution >= 0.6 is 23.4 Å². The van der Waals surface area contributed by atoms with Crippen molar-refractivity contribution in [2.75, 3.05) is 19.6 Å². The van der Waals surface area contributed by atoms with Crippen molar-refractivity contribution in [2.24, 2.45) is 5.92 Å². The van der Waals surface area contributed by atoms with Crippen LogP contribution in [0.5, 0.6) is 0 Å². The number of nitrogens with one attached hydrogen (secondary N) is 1.